The number of nitrogens with one attached hydrogen (secondary N) is 2. The summed E-state index contributed by atoms with van der Waals surface area (Å²) in [5.74, 6) is 2.26. The number of pyridine rings is 1. The van der Waals surface area contributed by atoms with Crippen LogP contribution in [0.4, 0.5) is 0 Å². The van der Waals surface area contributed by atoms with Gasteiger partial charge in [0.2, 0.25) is 5.88 Å². The Bertz CT molecular complexity index is 728. The first kappa shape index (κ1) is 21.4. The Morgan fingerprint density at radius 3 is 2.70 bits per heavy atom. The molecule has 2 heterocycles. The van der Waals surface area contributed by atoms with Gasteiger partial charge in [0.15, 0.2) is 5.96 Å². The lowest BCUT2D eigenvalue weighted by Crippen LogP contribution is -2.37. The van der Waals surface area contributed by atoms with E-state index in [1.165, 1.54) is 25.6 Å². The summed E-state index contributed by atoms with van der Waals surface area (Å²) in [7, 11) is 3.61. The number of guanidine groups is 1. The number of nitrogens with zero attached hydrogens (tertiary/aromatic N) is 5. The largest absolute Gasteiger partial charge is 0.474 e. The number of hydrogen-bond acceptors (Lipinski definition) is 5. The van der Waals surface area contributed by atoms with E-state index in [9.17, 15) is 0 Å². The maximum atomic E-state index is 6.04. The molecule has 0 spiro atoms. The van der Waals surface area contributed by atoms with Gasteiger partial charge in [-0.05, 0) is 37.3 Å². The van der Waals surface area contributed by atoms with Gasteiger partial charge in [0.05, 0.1) is 6.54 Å². The molecular formula is C18H28IN7O. The monoisotopic (exact) mass is 485 g/mol. The zero-order valence-corrected chi connectivity index (χ0v) is 18.2. The molecule has 0 aliphatic heterocycles. The minimum atomic E-state index is 0. The lowest BCUT2D eigenvalue weighted by molar-refractivity contribution is 0.148. The second-order valence-corrected chi connectivity index (χ2v) is 6.46. The molecule has 2 aromatic heterocycles. The summed E-state index contributed by atoms with van der Waals surface area (Å²) in [4.78, 5) is 12.8. The van der Waals surface area contributed by atoms with Gasteiger partial charge in [-0.2, -0.15) is 5.10 Å². The molecule has 3 rings (SSSR count). The second-order valence-electron chi connectivity index (χ2n) is 6.46. The fraction of sp³-hybridized carbons (Fsp3) is 0.556. The van der Waals surface area contributed by atoms with Crippen molar-refractivity contribution >= 4 is 29.9 Å². The predicted molar refractivity (Wildman–Crippen MR) is 115 cm³/mol. The van der Waals surface area contributed by atoms with Gasteiger partial charge in [-0.15, -0.1) is 24.0 Å². The van der Waals surface area contributed by atoms with Crippen LogP contribution in [-0.2, 0) is 20.1 Å². The molecule has 0 bridgehead atoms. The van der Waals surface area contributed by atoms with E-state index < -0.39 is 0 Å². The van der Waals surface area contributed by atoms with Crippen molar-refractivity contribution < 1.29 is 4.74 Å². The molecule has 0 atom stereocenters. The van der Waals surface area contributed by atoms with Gasteiger partial charge in [0, 0.05) is 32.9 Å². The number of aryl methyl sites for hydroxylation is 1. The lowest BCUT2D eigenvalue weighted by Gasteiger charge is -2.22. The molecule has 1 fully saturated rings. The normalized spacial score (nSPS) is 15.1. The lowest BCUT2D eigenvalue weighted by atomic mass is 9.98. The molecule has 0 aromatic carbocycles. The van der Waals surface area contributed by atoms with Crippen LogP contribution in [0.1, 0.15) is 43.5 Å². The molecule has 148 valence electrons. The average Bonchev–Trinajstić information content (AvgIpc) is 3.08. The predicted octanol–water partition coefficient (Wildman–Crippen LogP) is 2.40. The van der Waals surface area contributed by atoms with E-state index in [1.54, 1.807) is 17.9 Å². The van der Waals surface area contributed by atoms with Crippen molar-refractivity contribution in [2.75, 3.05) is 7.05 Å². The summed E-state index contributed by atoms with van der Waals surface area (Å²) in [6.07, 6.45) is 9.71. The molecule has 0 unspecified atom stereocenters. The Balaban J connectivity index is 0.00000261. The van der Waals surface area contributed by atoms with Crippen molar-refractivity contribution in [3.05, 3.63) is 36.0 Å². The van der Waals surface area contributed by atoms with Gasteiger partial charge >= 0.3 is 0 Å². The molecule has 1 aliphatic rings. The van der Waals surface area contributed by atoms with Gasteiger partial charge < -0.3 is 15.4 Å². The molecule has 0 saturated heterocycles. The van der Waals surface area contributed by atoms with Crippen LogP contribution in [0.5, 0.6) is 5.88 Å². The van der Waals surface area contributed by atoms with Crippen LogP contribution in [0.15, 0.2) is 29.6 Å². The van der Waals surface area contributed by atoms with E-state index in [1.807, 2.05) is 19.2 Å². The third kappa shape index (κ3) is 6.64. The molecule has 27 heavy (non-hydrogen) atoms. The van der Waals surface area contributed by atoms with Crippen LogP contribution in [0.2, 0.25) is 0 Å². The first-order valence-electron chi connectivity index (χ1n) is 9.13. The van der Waals surface area contributed by atoms with Crippen molar-refractivity contribution in [2.24, 2.45) is 12.0 Å². The number of rotatable bonds is 6. The van der Waals surface area contributed by atoms with Crippen molar-refractivity contribution in [1.82, 2.24) is 30.4 Å². The topological polar surface area (TPSA) is 89.2 Å². The molecule has 0 radical (unpaired) electrons. The number of aromatic nitrogens is 4. The highest BCUT2D eigenvalue weighted by Crippen LogP contribution is 2.22. The van der Waals surface area contributed by atoms with Crippen LogP contribution in [0.25, 0.3) is 0 Å². The highest BCUT2D eigenvalue weighted by molar-refractivity contribution is 14.0. The van der Waals surface area contributed by atoms with Crippen LogP contribution < -0.4 is 15.4 Å². The standard InChI is InChI=1S/C18H27N7O.HI/c1-19-18(22-12-16-23-13-24-25(16)2)21-11-14-8-9-20-17(10-14)26-15-6-4-3-5-7-15;/h8-10,13,15H,3-7,11-12H2,1-2H3,(H2,19,21,22);1H. The number of hydrogen-bond donors (Lipinski definition) is 2. The van der Waals surface area contributed by atoms with Crippen molar-refractivity contribution in [2.45, 2.75) is 51.3 Å². The van der Waals surface area contributed by atoms with Gasteiger partial charge in [0.25, 0.3) is 0 Å². The van der Waals surface area contributed by atoms with Crippen molar-refractivity contribution in [3.8, 4) is 5.88 Å². The zero-order chi connectivity index (χ0) is 18.2. The Hall–Kier alpha value is -1.91. The number of aliphatic imine (C=N–C) groups is 1. The van der Waals surface area contributed by atoms with E-state index in [0.717, 1.165) is 24.2 Å². The van der Waals surface area contributed by atoms with E-state index in [-0.39, 0.29) is 24.0 Å². The second kappa shape index (κ2) is 11.1. The van der Waals surface area contributed by atoms with Crippen LogP contribution >= 0.6 is 24.0 Å². The van der Waals surface area contributed by atoms with E-state index >= 15 is 0 Å². The summed E-state index contributed by atoms with van der Waals surface area (Å²) in [5, 5.41) is 10.6. The van der Waals surface area contributed by atoms with Crippen molar-refractivity contribution in [1.29, 1.82) is 0 Å². The van der Waals surface area contributed by atoms with Crippen LogP contribution in [0.3, 0.4) is 0 Å². The molecule has 8 nitrogen and oxygen atoms in total. The Morgan fingerprint density at radius 1 is 1.22 bits per heavy atom. The van der Waals surface area contributed by atoms with E-state index in [2.05, 4.69) is 30.7 Å². The molecule has 2 aromatic rings. The molecule has 1 aliphatic carbocycles. The summed E-state index contributed by atoms with van der Waals surface area (Å²) < 4.78 is 7.77. The summed E-state index contributed by atoms with van der Waals surface area (Å²) in [5.41, 5.74) is 1.10. The molecular weight excluding hydrogens is 457 g/mol. The quantitative estimate of drug-likeness (QED) is 0.371. The average molecular weight is 485 g/mol. The molecule has 9 heteroatoms. The van der Waals surface area contributed by atoms with Gasteiger partial charge in [-0.1, -0.05) is 6.42 Å². The smallest absolute Gasteiger partial charge is 0.213 e. The van der Waals surface area contributed by atoms with Crippen molar-refractivity contribution in [3.63, 3.8) is 0 Å². The fourth-order valence-corrected chi connectivity index (χ4v) is 3.03. The summed E-state index contributed by atoms with van der Waals surface area (Å²) >= 11 is 0. The number of halogens is 1. The maximum Gasteiger partial charge on any atom is 0.213 e. The van der Waals surface area contributed by atoms with Gasteiger partial charge in [0.1, 0.15) is 18.3 Å². The third-order valence-corrected chi connectivity index (χ3v) is 4.54. The molecule has 1 saturated carbocycles. The first-order chi connectivity index (χ1) is 12.7. The molecule has 0 amide bonds. The Morgan fingerprint density at radius 2 is 2.00 bits per heavy atom. The highest BCUT2D eigenvalue weighted by atomic mass is 127. The van der Waals surface area contributed by atoms with E-state index in [0.29, 0.717) is 31.0 Å². The fourth-order valence-electron chi connectivity index (χ4n) is 3.03. The van der Waals surface area contributed by atoms with E-state index in [4.69, 9.17) is 4.74 Å². The van der Waals surface area contributed by atoms with Gasteiger partial charge in [-0.3, -0.25) is 9.67 Å². The zero-order valence-electron chi connectivity index (χ0n) is 15.9. The molecule has 2 N–H and O–H groups in total. The highest BCUT2D eigenvalue weighted by Gasteiger charge is 2.15. The first-order valence-corrected chi connectivity index (χ1v) is 9.13. The summed E-state index contributed by atoms with van der Waals surface area (Å²) in [6.45, 7) is 1.20. The van der Waals surface area contributed by atoms with Gasteiger partial charge in [-0.25, -0.2) is 9.97 Å². The minimum Gasteiger partial charge on any atom is -0.474 e. The summed E-state index contributed by atoms with van der Waals surface area (Å²) in [6, 6.07) is 3.98. The Kier molecular flexibility index (Phi) is 8.76. The minimum absolute atomic E-state index is 0. The number of ether oxygens (including phenoxy) is 1. The third-order valence-electron chi connectivity index (χ3n) is 4.54. The van der Waals surface area contributed by atoms with Crippen LogP contribution in [0, 0.1) is 0 Å². The van der Waals surface area contributed by atoms with Crippen LogP contribution in [-0.4, -0.2) is 38.9 Å². The maximum absolute atomic E-state index is 6.04. The Labute approximate surface area is 177 Å². The SMILES string of the molecule is CN=C(NCc1ccnc(OC2CCCCC2)c1)NCc1ncnn1C.I.